The molecule has 2 nitrogen and oxygen atoms in total. The van der Waals surface area contributed by atoms with E-state index in [2.05, 4.69) is 31.9 Å². The van der Waals surface area contributed by atoms with Gasteiger partial charge in [-0.05, 0) is 35.9 Å². The van der Waals surface area contributed by atoms with Crippen LogP contribution in [0.2, 0.25) is 0 Å². The van der Waals surface area contributed by atoms with Gasteiger partial charge >= 0.3 is 0 Å². The van der Waals surface area contributed by atoms with Crippen molar-refractivity contribution in [2.24, 2.45) is 0 Å². The molecule has 0 aliphatic rings. The van der Waals surface area contributed by atoms with Gasteiger partial charge in [0.05, 0.1) is 6.07 Å². The summed E-state index contributed by atoms with van der Waals surface area (Å²) in [6.45, 7) is 0. The summed E-state index contributed by atoms with van der Waals surface area (Å²) in [5.74, 6) is -1.67. The van der Waals surface area contributed by atoms with Gasteiger partial charge in [-0.3, -0.25) is 4.79 Å². The van der Waals surface area contributed by atoms with Crippen molar-refractivity contribution in [1.82, 2.24) is 0 Å². The molecule has 100 valence electrons. The van der Waals surface area contributed by atoms with Crippen molar-refractivity contribution in [3.05, 3.63) is 68.4 Å². The van der Waals surface area contributed by atoms with Crippen molar-refractivity contribution < 1.29 is 9.18 Å². The lowest BCUT2D eigenvalue weighted by molar-refractivity contribution is 0.0978. The predicted molar refractivity (Wildman–Crippen MR) is 80.9 cm³/mol. The van der Waals surface area contributed by atoms with Crippen molar-refractivity contribution in [2.45, 2.75) is 5.92 Å². The van der Waals surface area contributed by atoms with Crippen molar-refractivity contribution in [3.8, 4) is 6.07 Å². The van der Waals surface area contributed by atoms with Crippen LogP contribution in [0.4, 0.5) is 4.39 Å². The Labute approximate surface area is 132 Å². The second-order valence-electron chi connectivity index (χ2n) is 4.14. The molecule has 1 atom stereocenters. The van der Waals surface area contributed by atoms with Crippen LogP contribution in [0.25, 0.3) is 0 Å². The Morgan fingerprint density at radius 1 is 1.10 bits per heavy atom. The van der Waals surface area contributed by atoms with Crippen LogP contribution < -0.4 is 0 Å². The summed E-state index contributed by atoms with van der Waals surface area (Å²) in [5, 5.41) is 9.23. The SMILES string of the molecule is N#CC(C(=O)c1cc(Br)cc(Br)c1)c1ccc(F)cc1. The number of carbonyl (C=O) groups excluding carboxylic acids is 1. The van der Waals surface area contributed by atoms with Crippen LogP contribution >= 0.6 is 31.9 Å². The summed E-state index contributed by atoms with van der Waals surface area (Å²) >= 11 is 6.61. The fraction of sp³-hybridized carbons (Fsp3) is 0.0667. The number of carbonyl (C=O) groups is 1. The van der Waals surface area contributed by atoms with E-state index >= 15 is 0 Å². The Morgan fingerprint density at radius 2 is 1.65 bits per heavy atom. The van der Waals surface area contributed by atoms with Gasteiger partial charge in [-0.2, -0.15) is 5.26 Å². The third kappa shape index (κ3) is 3.33. The Hall–Kier alpha value is -1.51. The Balaban J connectivity index is 2.39. The minimum absolute atomic E-state index is 0.318. The zero-order chi connectivity index (χ0) is 14.7. The van der Waals surface area contributed by atoms with E-state index in [-0.39, 0.29) is 5.78 Å². The maximum atomic E-state index is 12.9. The molecule has 0 fully saturated rings. The molecule has 0 aliphatic carbocycles. The van der Waals surface area contributed by atoms with Gasteiger partial charge in [0, 0.05) is 14.5 Å². The van der Waals surface area contributed by atoms with E-state index in [4.69, 9.17) is 0 Å². The minimum Gasteiger partial charge on any atom is -0.292 e. The zero-order valence-corrected chi connectivity index (χ0v) is 13.3. The monoisotopic (exact) mass is 395 g/mol. The van der Waals surface area contributed by atoms with E-state index < -0.39 is 11.7 Å². The van der Waals surface area contributed by atoms with Crippen LogP contribution in [0.3, 0.4) is 0 Å². The van der Waals surface area contributed by atoms with E-state index in [0.717, 1.165) is 8.95 Å². The largest absolute Gasteiger partial charge is 0.292 e. The number of hydrogen-bond donors (Lipinski definition) is 0. The number of rotatable bonds is 3. The standard InChI is InChI=1S/C15H8Br2FNO/c16-11-5-10(6-12(17)7-11)15(20)14(8-19)9-1-3-13(18)4-2-9/h1-7,14H. The Morgan fingerprint density at radius 3 is 2.15 bits per heavy atom. The Kier molecular flexibility index (Phi) is 4.69. The van der Waals surface area contributed by atoms with Gasteiger partial charge < -0.3 is 0 Å². The highest BCUT2D eigenvalue weighted by atomic mass is 79.9. The van der Waals surface area contributed by atoms with Gasteiger partial charge in [-0.15, -0.1) is 0 Å². The molecule has 0 bridgehead atoms. The second-order valence-corrected chi connectivity index (χ2v) is 5.97. The van der Waals surface area contributed by atoms with Crippen molar-refractivity contribution in [1.29, 1.82) is 5.26 Å². The van der Waals surface area contributed by atoms with Gasteiger partial charge in [-0.1, -0.05) is 44.0 Å². The molecule has 0 N–H and O–H groups in total. The smallest absolute Gasteiger partial charge is 0.184 e. The number of halogens is 3. The van der Waals surface area contributed by atoms with Crippen LogP contribution in [0.1, 0.15) is 21.8 Å². The first kappa shape index (κ1) is 14.9. The summed E-state index contributed by atoms with van der Waals surface area (Å²) in [7, 11) is 0. The van der Waals surface area contributed by atoms with Crippen LogP contribution in [0.5, 0.6) is 0 Å². The van der Waals surface area contributed by atoms with E-state index in [1.807, 2.05) is 6.07 Å². The molecular weight excluding hydrogens is 389 g/mol. The van der Waals surface area contributed by atoms with Crippen LogP contribution in [-0.4, -0.2) is 5.78 Å². The Bertz CT molecular complexity index is 672. The molecule has 20 heavy (non-hydrogen) atoms. The first-order valence-corrected chi connectivity index (χ1v) is 7.25. The molecule has 5 heteroatoms. The van der Waals surface area contributed by atoms with Crippen LogP contribution in [-0.2, 0) is 0 Å². The van der Waals surface area contributed by atoms with Crippen LogP contribution in [0, 0.1) is 17.1 Å². The molecule has 2 aromatic rings. The average Bonchev–Trinajstić information content (AvgIpc) is 2.40. The fourth-order valence-electron chi connectivity index (χ4n) is 1.80. The molecule has 2 rings (SSSR count). The first-order chi connectivity index (χ1) is 9.51. The summed E-state index contributed by atoms with van der Waals surface area (Å²) in [5.41, 5.74) is 0.900. The summed E-state index contributed by atoms with van der Waals surface area (Å²) in [6, 6.07) is 12.5. The average molecular weight is 397 g/mol. The fourth-order valence-corrected chi connectivity index (χ4v) is 3.10. The normalized spacial score (nSPS) is 11.7. The van der Waals surface area contributed by atoms with E-state index in [0.29, 0.717) is 11.1 Å². The highest BCUT2D eigenvalue weighted by molar-refractivity contribution is 9.11. The number of nitrogens with zero attached hydrogens (tertiary/aromatic N) is 1. The lowest BCUT2D eigenvalue weighted by atomic mass is 9.92. The molecule has 0 saturated carbocycles. The maximum absolute atomic E-state index is 12.9. The lowest BCUT2D eigenvalue weighted by Crippen LogP contribution is -2.11. The molecule has 0 spiro atoms. The molecular formula is C15H8Br2FNO. The van der Waals surface area contributed by atoms with E-state index in [1.54, 1.807) is 18.2 Å². The van der Waals surface area contributed by atoms with Gasteiger partial charge in [0.2, 0.25) is 0 Å². The molecule has 0 heterocycles. The second kappa shape index (κ2) is 6.29. The number of ketones is 1. The number of hydrogen-bond acceptors (Lipinski definition) is 2. The van der Waals surface area contributed by atoms with Crippen molar-refractivity contribution in [2.75, 3.05) is 0 Å². The number of Topliss-reactive ketones (excluding diaryl/α,β-unsaturated/α-hetero) is 1. The third-order valence-corrected chi connectivity index (χ3v) is 3.66. The first-order valence-electron chi connectivity index (χ1n) is 5.66. The molecule has 0 aromatic heterocycles. The lowest BCUT2D eigenvalue weighted by Gasteiger charge is -2.09. The van der Waals surface area contributed by atoms with Crippen molar-refractivity contribution in [3.63, 3.8) is 0 Å². The van der Waals surface area contributed by atoms with Crippen LogP contribution in [0.15, 0.2) is 51.4 Å². The van der Waals surface area contributed by atoms with Gasteiger partial charge in [0.1, 0.15) is 11.7 Å². The third-order valence-electron chi connectivity index (χ3n) is 2.74. The maximum Gasteiger partial charge on any atom is 0.184 e. The summed E-state index contributed by atoms with van der Waals surface area (Å²) < 4.78 is 14.4. The van der Waals surface area contributed by atoms with E-state index in [9.17, 15) is 14.4 Å². The highest BCUT2D eigenvalue weighted by Crippen LogP contribution is 2.25. The molecule has 0 aliphatic heterocycles. The topological polar surface area (TPSA) is 40.9 Å². The highest BCUT2D eigenvalue weighted by Gasteiger charge is 2.22. The molecule has 0 radical (unpaired) electrons. The summed E-state index contributed by atoms with van der Waals surface area (Å²) in [6.07, 6.45) is 0. The quantitative estimate of drug-likeness (QED) is 0.696. The molecule has 0 saturated heterocycles. The minimum atomic E-state index is -0.947. The predicted octanol–water partition coefficient (Wildman–Crippen LogP) is 4.84. The number of nitriles is 1. The number of benzene rings is 2. The molecule has 0 amide bonds. The molecule has 2 aromatic carbocycles. The van der Waals surface area contributed by atoms with Gasteiger partial charge in [-0.25, -0.2) is 4.39 Å². The van der Waals surface area contributed by atoms with Gasteiger partial charge in [0.15, 0.2) is 5.78 Å². The van der Waals surface area contributed by atoms with Gasteiger partial charge in [0.25, 0.3) is 0 Å². The van der Waals surface area contributed by atoms with E-state index in [1.165, 1.54) is 24.3 Å². The molecule has 1 unspecified atom stereocenters. The van der Waals surface area contributed by atoms with Crippen molar-refractivity contribution >= 4 is 37.6 Å². The summed E-state index contributed by atoms with van der Waals surface area (Å²) in [4.78, 5) is 12.4. The zero-order valence-electron chi connectivity index (χ0n) is 10.1.